The molecule has 2 saturated heterocycles. The van der Waals surface area contributed by atoms with E-state index in [4.69, 9.17) is 0 Å². The number of nitro groups is 1. The molecule has 10 nitrogen and oxygen atoms in total. The van der Waals surface area contributed by atoms with Crippen LogP contribution in [0.2, 0.25) is 0 Å². The van der Waals surface area contributed by atoms with Crippen LogP contribution in [0.1, 0.15) is 25.7 Å². The summed E-state index contributed by atoms with van der Waals surface area (Å²) in [7, 11) is -7.11. The lowest BCUT2D eigenvalue weighted by molar-refractivity contribution is -0.384. The summed E-state index contributed by atoms with van der Waals surface area (Å²) < 4.78 is 52.0. The van der Waals surface area contributed by atoms with Crippen LogP contribution in [-0.2, 0) is 20.0 Å². The summed E-state index contributed by atoms with van der Waals surface area (Å²) in [5, 5.41) is 11.7. The van der Waals surface area contributed by atoms with Crippen LogP contribution in [0.5, 0.6) is 0 Å². The van der Waals surface area contributed by atoms with Crippen LogP contribution in [0.25, 0.3) is 0 Å². The van der Waals surface area contributed by atoms with Crippen molar-refractivity contribution in [2.24, 2.45) is 0 Å². The number of sulfonamides is 2. The number of piperazine rings is 1. The van der Waals surface area contributed by atoms with Crippen molar-refractivity contribution in [1.82, 2.24) is 8.61 Å². The lowest BCUT2D eigenvalue weighted by Crippen LogP contribution is -2.48. The van der Waals surface area contributed by atoms with Crippen molar-refractivity contribution in [2.75, 3.05) is 50.4 Å². The number of hydrogen-bond acceptors (Lipinski definition) is 7. The van der Waals surface area contributed by atoms with E-state index in [0.717, 1.165) is 38.0 Å². The summed E-state index contributed by atoms with van der Waals surface area (Å²) in [6, 6.07) is 3.99. The van der Waals surface area contributed by atoms with E-state index < -0.39 is 25.0 Å². The minimum atomic E-state index is -3.79. The van der Waals surface area contributed by atoms with Gasteiger partial charge in [0.15, 0.2) is 0 Å². The van der Waals surface area contributed by atoms with Crippen molar-refractivity contribution in [3.8, 4) is 0 Å². The molecule has 0 spiro atoms. The molecule has 0 amide bonds. The van der Waals surface area contributed by atoms with Crippen molar-refractivity contribution >= 4 is 31.4 Å². The largest absolute Gasteiger partial charge is 0.363 e. The van der Waals surface area contributed by atoms with Crippen molar-refractivity contribution in [2.45, 2.75) is 30.6 Å². The van der Waals surface area contributed by atoms with E-state index in [1.54, 1.807) is 4.90 Å². The molecular weight excluding hydrogens is 420 g/mol. The highest BCUT2D eigenvalue weighted by atomic mass is 32.2. The van der Waals surface area contributed by atoms with E-state index in [9.17, 15) is 26.9 Å². The van der Waals surface area contributed by atoms with E-state index in [2.05, 4.69) is 0 Å². The lowest BCUT2D eigenvalue weighted by atomic mass is 10.2. The molecule has 0 bridgehead atoms. The average Bonchev–Trinajstić information content (AvgIpc) is 2.97. The third-order valence-corrected chi connectivity index (χ3v) is 8.59. The van der Waals surface area contributed by atoms with E-state index in [0.29, 0.717) is 31.9 Å². The third kappa shape index (κ3) is 4.87. The van der Waals surface area contributed by atoms with Gasteiger partial charge in [0.2, 0.25) is 20.0 Å². The van der Waals surface area contributed by atoms with Gasteiger partial charge in [-0.2, -0.15) is 8.61 Å². The molecule has 0 saturated carbocycles. The first-order valence-electron chi connectivity index (χ1n) is 9.59. The van der Waals surface area contributed by atoms with Crippen molar-refractivity contribution in [3.63, 3.8) is 0 Å². The van der Waals surface area contributed by atoms with Crippen LogP contribution in [0.4, 0.5) is 11.4 Å². The molecule has 1 aromatic rings. The molecule has 0 N–H and O–H groups in total. The number of benzene rings is 1. The monoisotopic (exact) mass is 446 g/mol. The van der Waals surface area contributed by atoms with Gasteiger partial charge in [-0.25, -0.2) is 16.8 Å². The first-order valence-corrected chi connectivity index (χ1v) is 12.9. The van der Waals surface area contributed by atoms with E-state index in [1.165, 1.54) is 20.7 Å². The van der Waals surface area contributed by atoms with Crippen LogP contribution in [0.15, 0.2) is 23.1 Å². The zero-order valence-electron chi connectivity index (χ0n) is 16.4. The molecule has 0 aliphatic carbocycles. The molecule has 29 heavy (non-hydrogen) atoms. The Bertz CT molecular complexity index is 964. The molecule has 1 aromatic carbocycles. The highest BCUT2D eigenvalue weighted by Crippen LogP contribution is 2.33. The van der Waals surface area contributed by atoms with Crippen LogP contribution in [0, 0.1) is 10.1 Å². The average molecular weight is 447 g/mol. The molecule has 162 valence electrons. The van der Waals surface area contributed by atoms with Gasteiger partial charge in [-0.05, 0) is 25.0 Å². The Labute approximate surface area is 171 Å². The van der Waals surface area contributed by atoms with E-state index in [1.807, 2.05) is 0 Å². The summed E-state index contributed by atoms with van der Waals surface area (Å²) >= 11 is 0. The Kier molecular flexibility index (Phi) is 6.46. The summed E-state index contributed by atoms with van der Waals surface area (Å²) in [6.07, 6.45) is 4.65. The zero-order valence-corrected chi connectivity index (χ0v) is 18.0. The molecule has 0 atom stereocenters. The molecule has 2 aliphatic heterocycles. The highest BCUT2D eigenvalue weighted by molar-refractivity contribution is 7.89. The molecule has 2 fully saturated rings. The molecule has 2 heterocycles. The van der Waals surface area contributed by atoms with Crippen molar-refractivity contribution < 1.29 is 21.8 Å². The Morgan fingerprint density at radius 2 is 1.45 bits per heavy atom. The first kappa shape index (κ1) is 21.9. The van der Waals surface area contributed by atoms with E-state index in [-0.39, 0.29) is 23.7 Å². The zero-order chi connectivity index (χ0) is 21.2. The molecule has 0 radical (unpaired) electrons. The van der Waals surface area contributed by atoms with Crippen LogP contribution in [0.3, 0.4) is 0 Å². The topological polar surface area (TPSA) is 121 Å². The summed E-state index contributed by atoms with van der Waals surface area (Å²) in [6.45, 7) is 1.89. The molecular formula is C17H26N4O6S2. The number of anilines is 1. The number of rotatable bonds is 5. The molecule has 0 aromatic heterocycles. The van der Waals surface area contributed by atoms with Crippen LogP contribution >= 0.6 is 0 Å². The quantitative estimate of drug-likeness (QED) is 0.493. The molecule has 3 rings (SSSR count). The minimum Gasteiger partial charge on any atom is -0.363 e. The fraction of sp³-hybridized carbons (Fsp3) is 0.647. The number of hydrogen-bond donors (Lipinski definition) is 0. The Morgan fingerprint density at radius 1 is 0.862 bits per heavy atom. The van der Waals surface area contributed by atoms with Gasteiger partial charge in [0.1, 0.15) is 5.69 Å². The van der Waals surface area contributed by atoms with Gasteiger partial charge in [-0.1, -0.05) is 12.8 Å². The fourth-order valence-corrected chi connectivity index (χ4v) is 6.13. The maximum Gasteiger partial charge on any atom is 0.293 e. The molecule has 2 aliphatic rings. The van der Waals surface area contributed by atoms with Crippen molar-refractivity contribution in [3.05, 3.63) is 28.3 Å². The second-order valence-corrected chi connectivity index (χ2v) is 11.3. The molecule has 0 unspecified atom stereocenters. The second-order valence-electron chi connectivity index (χ2n) is 7.38. The van der Waals surface area contributed by atoms with Gasteiger partial charge >= 0.3 is 0 Å². The number of nitrogens with zero attached hydrogens (tertiary/aromatic N) is 4. The number of nitro benzene ring substituents is 1. The van der Waals surface area contributed by atoms with Gasteiger partial charge in [-0.3, -0.25) is 10.1 Å². The molecule has 12 heteroatoms. The highest BCUT2D eigenvalue weighted by Gasteiger charge is 2.31. The SMILES string of the molecule is CS(=O)(=O)N1CCN(c2ccc(S(=O)(=O)N3CCCCCC3)cc2[N+](=O)[O-])CC1. The standard InChI is InChI=1S/C17H26N4O6S2/c1-28(24,25)19-12-10-18(11-13-19)16-7-6-15(14-17(16)21(22)23)29(26,27)20-8-4-2-3-5-9-20/h6-7,14H,2-5,8-13H2,1H3. The first-order chi connectivity index (χ1) is 13.6. The van der Waals surface area contributed by atoms with Gasteiger partial charge in [0.25, 0.3) is 5.69 Å². The minimum absolute atomic E-state index is 0.0791. The van der Waals surface area contributed by atoms with Gasteiger partial charge in [-0.15, -0.1) is 0 Å². The smallest absolute Gasteiger partial charge is 0.293 e. The Balaban J connectivity index is 1.87. The van der Waals surface area contributed by atoms with E-state index >= 15 is 0 Å². The summed E-state index contributed by atoms with van der Waals surface area (Å²) in [5.74, 6) is 0. The second kappa shape index (κ2) is 8.54. The predicted molar refractivity (Wildman–Crippen MR) is 109 cm³/mol. The predicted octanol–water partition coefficient (Wildman–Crippen LogP) is 1.24. The summed E-state index contributed by atoms with van der Waals surface area (Å²) in [5.41, 5.74) is 0.0201. The maximum absolute atomic E-state index is 13.0. The van der Waals surface area contributed by atoms with Crippen LogP contribution < -0.4 is 4.90 Å². The van der Waals surface area contributed by atoms with Crippen LogP contribution in [-0.4, -0.2) is 75.9 Å². The fourth-order valence-electron chi connectivity index (χ4n) is 3.77. The Hall–Kier alpha value is -1.76. The van der Waals surface area contributed by atoms with Gasteiger partial charge < -0.3 is 4.90 Å². The van der Waals surface area contributed by atoms with Crippen molar-refractivity contribution in [1.29, 1.82) is 0 Å². The summed E-state index contributed by atoms with van der Waals surface area (Å²) in [4.78, 5) is 12.7. The Morgan fingerprint density at radius 3 is 1.97 bits per heavy atom. The normalized spacial score (nSPS) is 20.4. The third-order valence-electron chi connectivity index (χ3n) is 5.39. The van der Waals surface area contributed by atoms with Gasteiger partial charge in [0.05, 0.1) is 16.1 Å². The lowest BCUT2D eigenvalue weighted by Gasteiger charge is -2.34. The van der Waals surface area contributed by atoms with Gasteiger partial charge in [0, 0.05) is 45.3 Å². The maximum atomic E-state index is 13.0.